The van der Waals surface area contributed by atoms with Gasteiger partial charge in [0.2, 0.25) is 0 Å². The molecular weight excluding hydrogens is 328 g/mol. The Kier molecular flexibility index (Phi) is 3.57. The number of piperidine rings is 1. The third-order valence-corrected chi connectivity index (χ3v) is 5.70. The minimum atomic E-state index is 0.0548. The van der Waals surface area contributed by atoms with Gasteiger partial charge in [-0.2, -0.15) is 0 Å². The zero-order valence-corrected chi connectivity index (χ0v) is 14.4. The summed E-state index contributed by atoms with van der Waals surface area (Å²) in [6.45, 7) is 3.14. The molecule has 0 saturated carbocycles. The predicted octanol–water partition coefficient (Wildman–Crippen LogP) is 2.57. The summed E-state index contributed by atoms with van der Waals surface area (Å²) in [5.41, 5.74) is 2.61. The van der Waals surface area contributed by atoms with Gasteiger partial charge in [-0.15, -0.1) is 0 Å². The van der Waals surface area contributed by atoms with Gasteiger partial charge in [-0.1, -0.05) is 18.2 Å². The van der Waals surface area contributed by atoms with Crippen molar-refractivity contribution in [2.75, 3.05) is 13.1 Å². The van der Waals surface area contributed by atoms with Gasteiger partial charge < -0.3 is 8.98 Å². The molecule has 5 heteroatoms. The van der Waals surface area contributed by atoms with Crippen LogP contribution in [-0.4, -0.2) is 22.6 Å². The number of likely N-dealkylation sites (tertiary alicyclic amines) is 1. The fraction of sp³-hybridized carbons (Fsp3) is 0.333. The van der Waals surface area contributed by atoms with E-state index in [2.05, 4.69) is 11.0 Å². The first-order valence-corrected chi connectivity index (χ1v) is 9.10. The number of fused-ring (bicyclic) bond motifs is 5. The highest BCUT2D eigenvalue weighted by Crippen LogP contribution is 2.35. The molecule has 2 bridgehead atoms. The molecule has 0 spiro atoms. The number of pyridine rings is 1. The summed E-state index contributed by atoms with van der Waals surface area (Å²) in [5, 5.41) is 0.638. The SMILES string of the molecule is O=c1c(CN2C[C@H]3C[C@@H](C2)c2cccc(=O)n2C3)coc2ccccc12. The van der Waals surface area contributed by atoms with Crippen molar-refractivity contribution in [3.8, 4) is 0 Å². The first kappa shape index (κ1) is 15.6. The second-order valence-electron chi connectivity index (χ2n) is 7.48. The molecule has 5 nitrogen and oxygen atoms in total. The van der Waals surface area contributed by atoms with Crippen molar-refractivity contribution in [3.63, 3.8) is 0 Å². The number of rotatable bonds is 2. The fourth-order valence-corrected chi connectivity index (χ4v) is 4.59. The number of nitrogens with zero attached hydrogens (tertiary/aromatic N) is 2. The van der Waals surface area contributed by atoms with Gasteiger partial charge in [0.05, 0.1) is 11.6 Å². The Morgan fingerprint density at radius 3 is 2.81 bits per heavy atom. The van der Waals surface area contributed by atoms with Crippen molar-refractivity contribution in [2.24, 2.45) is 5.92 Å². The number of aromatic nitrogens is 1. The normalized spacial score (nSPS) is 22.3. The molecule has 1 saturated heterocycles. The Labute approximate surface area is 150 Å². The van der Waals surface area contributed by atoms with E-state index in [1.807, 2.05) is 34.9 Å². The Morgan fingerprint density at radius 1 is 1.00 bits per heavy atom. The molecular formula is C21H20N2O3. The molecule has 132 valence electrons. The molecule has 2 aliphatic heterocycles. The molecule has 4 heterocycles. The summed E-state index contributed by atoms with van der Waals surface area (Å²) in [4.78, 5) is 27.2. The minimum absolute atomic E-state index is 0.0548. The first-order valence-electron chi connectivity index (χ1n) is 9.10. The molecule has 0 radical (unpaired) electrons. The Balaban J connectivity index is 1.44. The van der Waals surface area contributed by atoms with E-state index in [0.717, 1.165) is 31.7 Å². The topological polar surface area (TPSA) is 55.5 Å². The van der Waals surface area contributed by atoms with Gasteiger partial charge >= 0.3 is 0 Å². The summed E-state index contributed by atoms with van der Waals surface area (Å²) < 4.78 is 7.59. The number of hydrogen-bond donors (Lipinski definition) is 0. The zero-order valence-electron chi connectivity index (χ0n) is 14.4. The van der Waals surface area contributed by atoms with Crippen LogP contribution in [0, 0.1) is 5.92 Å². The molecule has 2 aromatic heterocycles. The summed E-state index contributed by atoms with van der Waals surface area (Å²) in [5.74, 6) is 0.803. The van der Waals surface area contributed by atoms with Gasteiger partial charge in [0.15, 0.2) is 5.43 Å². The van der Waals surface area contributed by atoms with Crippen LogP contribution in [-0.2, 0) is 13.1 Å². The number of para-hydroxylation sites is 1. The van der Waals surface area contributed by atoms with E-state index in [9.17, 15) is 9.59 Å². The van der Waals surface area contributed by atoms with Crippen molar-refractivity contribution in [1.82, 2.24) is 9.47 Å². The van der Waals surface area contributed by atoms with Crippen LogP contribution in [0.3, 0.4) is 0 Å². The fourth-order valence-electron chi connectivity index (χ4n) is 4.59. The van der Waals surface area contributed by atoms with Crippen molar-refractivity contribution in [1.29, 1.82) is 0 Å². The molecule has 2 aliphatic rings. The molecule has 0 amide bonds. The molecule has 0 N–H and O–H groups in total. The van der Waals surface area contributed by atoms with Crippen LogP contribution in [0.15, 0.2) is 62.7 Å². The van der Waals surface area contributed by atoms with E-state index in [-0.39, 0.29) is 11.0 Å². The summed E-state index contributed by atoms with van der Waals surface area (Å²) in [7, 11) is 0. The molecule has 5 rings (SSSR count). The van der Waals surface area contributed by atoms with Gasteiger partial charge in [-0.25, -0.2) is 0 Å². The Morgan fingerprint density at radius 2 is 1.88 bits per heavy atom. The van der Waals surface area contributed by atoms with Gasteiger partial charge in [-0.05, 0) is 30.5 Å². The van der Waals surface area contributed by atoms with E-state index >= 15 is 0 Å². The molecule has 1 aromatic carbocycles. The highest BCUT2D eigenvalue weighted by Gasteiger charge is 2.34. The van der Waals surface area contributed by atoms with Crippen LogP contribution in [0.2, 0.25) is 0 Å². The van der Waals surface area contributed by atoms with E-state index in [1.165, 1.54) is 0 Å². The van der Waals surface area contributed by atoms with E-state index in [0.29, 0.717) is 34.9 Å². The van der Waals surface area contributed by atoms with E-state index in [1.54, 1.807) is 12.3 Å². The Hall–Kier alpha value is -2.66. The summed E-state index contributed by atoms with van der Waals surface area (Å²) in [6, 6.07) is 12.9. The largest absolute Gasteiger partial charge is 0.464 e. The number of hydrogen-bond acceptors (Lipinski definition) is 4. The van der Waals surface area contributed by atoms with Crippen molar-refractivity contribution in [3.05, 3.63) is 80.6 Å². The van der Waals surface area contributed by atoms with Crippen LogP contribution >= 0.6 is 0 Å². The third-order valence-electron chi connectivity index (χ3n) is 5.70. The van der Waals surface area contributed by atoms with Gasteiger partial charge in [0.25, 0.3) is 5.56 Å². The molecule has 2 atom stereocenters. The lowest BCUT2D eigenvalue weighted by atomic mass is 9.83. The van der Waals surface area contributed by atoms with Crippen molar-refractivity contribution >= 4 is 11.0 Å². The van der Waals surface area contributed by atoms with Gasteiger partial charge in [0.1, 0.15) is 5.58 Å². The summed E-state index contributed by atoms with van der Waals surface area (Å²) >= 11 is 0. The van der Waals surface area contributed by atoms with Crippen LogP contribution in [0.1, 0.15) is 23.6 Å². The third kappa shape index (κ3) is 2.51. The van der Waals surface area contributed by atoms with Crippen LogP contribution in [0.25, 0.3) is 11.0 Å². The molecule has 0 unspecified atom stereocenters. The average Bonchev–Trinajstić information content (AvgIpc) is 2.65. The van der Waals surface area contributed by atoms with Crippen LogP contribution < -0.4 is 11.0 Å². The maximum absolute atomic E-state index is 12.8. The number of benzene rings is 1. The highest BCUT2D eigenvalue weighted by molar-refractivity contribution is 5.76. The summed E-state index contributed by atoms with van der Waals surface area (Å²) in [6.07, 6.45) is 2.72. The highest BCUT2D eigenvalue weighted by atomic mass is 16.3. The van der Waals surface area contributed by atoms with Crippen LogP contribution in [0.4, 0.5) is 0 Å². The van der Waals surface area contributed by atoms with E-state index in [4.69, 9.17) is 4.42 Å². The molecule has 26 heavy (non-hydrogen) atoms. The minimum Gasteiger partial charge on any atom is -0.464 e. The smallest absolute Gasteiger partial charge is 0.250 e. The van der Waals surface area contributed by atoms with E-state index < -0.39 is 0 Å². The quantitative estimate of drug-likeness (QED) is 0.714. The van der Waals surface area contributed by atoms with Crippen LogP contribution in [0.5, 0.6) is 0 Å². The van der Waals surface area contributed by atoms with Crippen molar-refractivity contribution in [2.45, 2.75) is 25.4 Å². The van der Waals surface area contributed by atoms with Gasteiger partial charge in [0, 0.05) is 49.4 Å². The molecule has 3 aromatic rings. The molecule has 0 aliphatic carbocycles. The molecule has 1 fully saturated rings. The van der Waals surface area contributed by atoms with Gasteiger partial charge in [-0.3, -0.25) is 14.5 Å². The standard InChI is InChI=1S/C21H20N2O3/c24-20-7-3-5-18-15-8-14(10-23(18)20)9-22(11-15)12-16-13-26-19-6-2-1-4-17(19)21(16)25/h1-7,13-15H,8-12H2/t14-,15+/m1/s1. The maximum Gasteiger partial charge on any atom is 0.250 e. The second kappa shape index (κ2) is 5.95. The lowest BCUT2D eigenvalue weighted by molar-refractivity contribution is 0.113. The first-order chi connectivity index (χ1) is 12.7. The lowest BCUT2D eigenvalue weighted by Gasteiger charge is -2.42. The monoisotopic (exact) mass is 348 g/mol. The van der Waals surface area contributed by atoms with Crippen molar-refractivity contribution < 1.29 is 4.42 Å². The maximum atomic E-state index is 12.8. The lowest BCUT2D eigenvalue weighted by Crippen LogP contribution is -2.47. The zero-order chi connectivity index (χ0) is 17.7. The predicted molar refractivity (Wildman–Crippen MR) is 99.3 cm³/mol. The average molecular weight is 348 g/mol. The Bertz CT molecular complexity index is 1100. The second-order valence-corrected chi connectivity index (χ2v) is 7.48.